The Morgan fingerprint density at radius 1 is 1.09 bits per heavy atom. The standard InChI is InChI=1S/C19H22FN3O7S2/c1-22(2)32(28,29)14-4-5-17(23-7-9-30-10-8-23)16(12-14)21-31(26,27)18-6-3-13(19(24)25)11-15(18)20/h3-6,11-12,21H,7-10H2,1-2H3,(H,24,25). The van der Waals surface area contributed by atoms with Crippen LogP contribution in [-0.4, -0.2) is 72.6 Å². The third-order valence-electron chi connectivity index (χ3n) is 4.81. The zero-order valence-corrected chi connectivity index (χ0v) is 18.9. The Labute approximate surface area is 185 Å². The number of halogens is 1. The average molecular weight is 488 g/mol. The fourth-order valence-electron chi connectivity index (χ4n) is 3.10. The lowest BCUT2D eigenvalue weighted by Crippen LogP contribution is -2.37. The maximum Gasteiger partial charge on any atom is 0.335 e. The molecule has 0 saturated carbocycles. The van der Waals surface area contributed by atoms with E-state index < -0.39 is 42.3 Å². The van der Waals surface area contributed by atoms with Crippen molar-refractivity contribution in [2.24, 2.45) is 0 Å². The van der Waals surface area contributed by atoms with E-state index in [1.807, 2.05) is 4.90 Å². The molecule has 0 aromatic heterocycles. The second-order valence-corrected chi connectivity index (χ2v) is 10.9. The van der Waals surface area contributed by atoms with Gasteiger partial charge in [0.1, 0.15) is 10.7 Å². The van der Waals surface area contributed by atoms with Gasteiger partial charge < -0.3 is 14.7 Å². The fourth-order valence-corrected chi connectivity index (χ4v) is 5.15. The van der Waals surface area contributed by atoms with E-state index in [0.29, 0.717) is 38.1 Å². The molecule has 0 amide bonds. The Bertz CT molecular complexity index is 1240. The van der Waals surface area contributed by atoms with Crippen LogP contribution in [0.15, 0.2) is 46.2 Å². The van der Waals surface area contributed by atoms with E-state index in [-0.39, 0.29) is 10.6 Å². The van der Waals surface area contributed by atoms with Gasteiger partial charge in [0, 0.05) is 27.2 Å². The minimum atomic E-state index is -4.51. The molecular weight excluding hydrogens is 465 g/mol. The number of hydrogen-bond donors (Lipinski definition) is 2. The van der Waals surface area contributed by atoms with Crippen molar-refractivity contribution in [1.29, 1.82) is 0 Å². The van der Waals surface area contributed by atoms with Gasteiger partial charge in [-0.1, -0.05) is 0 Å². The number of ether oxygens (including phenoxy) is 1. The molecule has 32 heavy (non-hydrogen) atoms. The smallest absolute Gasteiger partial charge is 0.335 e. The number of anilines is 2. The summed E-state index contributed by atoms with van der Waals surface area (Å²) in [6, 6.07) is 6.42. The van der Waals surface area contributed by atoms with Crippen molar-refractivity contribution in [2.75, 3.05) is 50.0 Å². The molecule has 1 heterocycles. The second kappa shape index (κ2) is 9.02. The van der Waals surface area contributed by atoms with E-state index in [2.05, 4.69) is 4.72 Å². The zero-order chi connectivity index (χ0) is 23.7. The van der Waals surface area contributed by atoms with E-state index >= 15 is 0 Å². The largest absolute Gasteiger partial charge is 0.478 e. The normalized spacial score (nSPS) is 15.1. The van der Waals surface area contributed by atoms with Gasteiger partial charge in [-0.25, -0.2) is 30.3 Å². The number of hydrogen-bond acceptors (Lipinski definition) is 7. The van der Waals surface area contributed by atoms with E-state index in [0.717, 1.165) is 16.4 Å². The molecule has 1 saturated heterocycles. The van der Waals surface area contributed by atoms with Crippen molar-refractivity contribution in [3.05, 3.63) is 47.8 Å². The fraction of sp³-hybridized carbons (Fsp3) is 0.316. The van der Waals surface area contributed by atoms with Crippen molar-refractivity contribution < 1.29 is 35.9 Å². The Morgan fingerprint density at radius 3 is 2.31 bits per heavy atom. The van der Waals surface area contributed by atoms with Crippen LogP contribution < -0.4 is 9.62 Å². The summed E-state index contributed by atoms with van der Waals surface area (Å²) < 4.78 is 74.0. The molecule has 0 spiro atoms. The molecule has 2 aromatic rings. The number of sulfonamides is 2. The number of carbonyl (C=O) groups is 1. The number of carboxylic acids is 1. The number of carboxylic acid groups (broad SMARTS) is 1. The molecule has 174 valence electrons. The van der Waals surface area contributed by atoms with Crippen LogP contribution in [0, 0.1) is 5.82 Å². The summed E-state index contributed by atoms with van der Waals surface area (Å²) in [6.45, 7) is 1.68. The molecule has 0 aliphatic carbocycles. The Balaban J connectivity index is 2.08. The summed E-state index contributed by atoms with van der Waals surface area (Å²) >= 11 is 0. The molecule has 13 heteroatoms. The third kappa shape index (κ3) is 4.85. The highest BCUT2D eigenvalue weighted by Gasteiger charge is 2.26. The summed E-state index contributed by atoms with van der Waals surface area (Å²) in [5.74, 6) is -2.65. The summed E-state index contributed by atoms with van der Waals surface area (Å²) in [5, 5.41) is 8.96. The number of morpholine rings is 1. The number of nitrogens with zero attached hydrogens (tertiary/aromatic N) is 2. The van der Waals surface area contributed by atoms with Crippen molar-refractivity contribution in [1.82, 2.24) is 4.31 Å². The molecule has 1 aliphatic heterocycles. The maximum atomic E-state index is 14.4. The minimum Gasteiger partial charge on any atom is -0.478 e. The number of aromatic carboxylic acids is 1. The molecule has 0 unspecified atom stereocenters. The summed E-state index contributed by atoms with van der Waals surface area (Å²) in [5.41, 5.74) is -0.0665. The van der Waals surface area contributed by atoms with Crippen LogP contribution in [0.25, 0.3) is 0 Å². The van der Waals surface area contributed by atoms with Gasteiger partial charge in [0.05, 0.1) is 35.0 Å². The predicted molar refractivity (Wildman–Crippen MR) is 115 cm³/mol. The third-order valence-corrected chi connectivity index (χ3v) is 8.02. The number of rotatable bonds is 7. The minimum absolute atomic E-state index is 0.0588. The van der Waals surface area contributed by atoms with E-state index in [9.17, 15) is 26.0 Å². The maximum absolute atomic E-state index is 14.4. The van der Waals surface area contributed by atoms with Gasteiger partial charge >= 0.3 is 5.97 Å². The van der Waals surface area contributed by atoms with Crippen LogP contribution in [0.4, 0.5) is 15.8 Å². The molecule has 3 rings (SSSR count). The van der Waals surface area contributed by atoms with Gasteiger partial charge in [0.15, 0.2) is 0 Å². The monoisotopic (exact) mass is 487 g/mol. The molecule has 1 fully saturated rings. The Hall–Kier alpha value is -2.74. The quantitative estimate of drug-likeness (QED) is 0.599. The molecule has 0 bridgehead atoms. The molecule has 2 aromatic carbocycles. The van der Waals surface area contributed by atoms with Crippen molar-refractivity contribution >= 4 is 37.4 Å². The van der Waals surface area contributed by atoms with Crippen LogP contribution >= 0.6 is 0 Å². The topological polar surface area (TPSA) is 133 Å². The van der Waals surface area contributed by atoms with E-state index in [1.165, 1.54) is 32.3 Å². The van der Waals surface area contributed by atoms with Crippen molar-refractivity contribution in [3.63, 3.8) is 0 Å². The second-order valence-electron chi connectivity index (χ2n) is 7.12. The highest BCUT2D eigenvalue weighted by Crippen LogP contribution is 2.32. The SMILES string of the molecule is CN(C)S(=O)(=O)c1ccc(N2CCOCC2)c(NS(=O)(=O)c2ccc(C(=O)O)cc2F)c1. The van der Waals surface area contributed by atoms with Gasteiger partial charge in [-0.15, -0.1) is 0 Å². The summed E-state index contributed by atoms with van der Waals surface area (Å²) in [6.07, 6.45) is 0. The first kappa shape index (κ1) is 23.9. The molecule has 2 N–H and O–H groups in total. The average Bonchev–Trinajstić information content (AvgIpc) is 2.73. The van der Waals surface area contributed by atoms with Crippen molar-refractivity contribution in [2.45, 2.75) is 9.79 Å². The lowest BCUT2D eigenvalue weighted by atomic mass is 10.2. The number of benzene rings is 2. The van der Waals surface area contributed by atoms with Gasteiger partial charge in [-0.05, 0) is 36.4 Å². The summed E-state index contributed by atoms with van der Waals surface area (Å²) in [7, 11) is -5.71. The van der Waals surface area contributed by atoms with E-state index in [1.54, 1.807) is 0 Å². The molecule has 0 atom stereocenters. The van der Waals surface area contributed by atoms with Crippen LogP contribution in [0.1, 0.15) is 10.4 Å². The first-order chi connectivity index (χ1) is 14.9. The Kier molecular flexibility index (Phi) is 6.74. The van der Waals surface area contributed by atoms with Crippen LogP contribution in [0.2, 0.25) is 0 Å². The van der Waals surface area contributed by atoms with Crippen molar-refractivity contribution in [3.8, 4) is 0 Å². The predicted octanol–water partition coefficient (Wildman–Crippen LogP) is 1.41. The van der Waals surface area contributed by atoms with Gasteiger partial charge in [0.25, 0.3) is 10.0 Å². The molecule has 10 nitrogen and oxygen atoms in total. The van der Waals surface area contributed by atoms with Crippen LogP contribution in [0.3, 0.4) is 0 Å². The van der Waals surface area contributed by atoms with Gasteiger partial charge in [0.2, 0.25) is 10.0 Å². The highest BCUT2D eigenvalue weighted by atomic mass is 32.2. The lowest BCUT2D eigenvalue weighted by Gasteiger charge is -2.31. The first-order valence-corrected chi connectivity index (χ1v) is 12.3. The van der Waals surface area contributed by atoms with Crippen LogP contribution in [-0.2, 0) is 24.8 Å². The van der Waals surface area contributed by atoms with Gasteiger partial charge in [-0.2, -0.15) is 0 Å². The highest BCUT2D eigenvalue weighted by molar-refractivity contribution is 7.92. The Morgan fingerprint density at radius 2 is 1.75 bits per heavy atom. The zero-order valence-electron chi connectivity index (χ0n) is 17.3. The first-order valence-electron chi connectivity index (χ1n) is 9.38. The van der Waals surface area contributed by atoms with E-state index in [4.69, 9.17) is 9.84 Å². The van der Waals surface area contributed by atoms with Gasteiger partial charge in [-0.3, -0.25) is 4.72 Å². The molecule has 1 aliphatic rings. The lowest BCUT2D eigenvalue weighted by molar-refractivity contribution is 0.0696. The molecular formula is C19H22FN3O7S2. The molecule has 0 radical (unpaired) electrons. The number of nitrogens with one attached hydrogen (secondary N) is 1. The summed E-state index contributed by atoms with van der Waals surface area (Å²) in [4.78, 5) is 11.9. The van der Waals surface area contributed by atoms with Crippen LogP contribution in [0.5, 0.6) is 0 Å².